The van der Waals surface area contributed by atoms with Gasteiger partial charge in [-0.05, 0) is 55.7 Å². The fourth-order valence-corrected chi connectivity index (χ4v) is 3.23. The molecular weight excluding hydrogens is 348 g/mol. The first-order chi connectivity index (χ1) is 12.7. The van der Waals surface area contributed by atoms with Crippen LogP contribution in [0.25, 0.3) is 5.95 Å². The van der Waals surface area contributed by atoms with Crippen molar-refractivity contribution in [1.29, 1.82) is 0 Å². The van der Waals surface area contributed by atoms with Gasteiger partial charge in [0.1, 0.15) is 5.75 Å². The highest BCUT2D eigenvalue weighted by atomic mass is 32.1. The fourth-order valence-electron chi connectivity index (χ4n) is 2.69. The molecule has 4 rings (SSSR count). The minimum atomic E-state index is 0.523. The molecule has 0 atom stereocenters. The van der Waals surface area contributed by atoms with E-state index in [9.17, 15) is 0 Å². The summed E-state index contributed by atoms with van der Waals surface area (Å²) in [4.78, 5) is 8.90. The van der Waals surface area contributed by atoms with Gasteiger partial charge in [0.25, 0.3) is 5.19 Å². The Hall–Kier alpha value is -2.87. The number of nitrogens with zero attached hydrogens (tertiary/aromatic N) is 4. The summed E-state index contributed by atoms with van der Waals surface area (Å²) in [5.41, 5.74) is 3.12. The van der Waals surface area contributed by atoms with Crippen molar-refractivity contribution in [2.24, 2.45) is 4.99 Å². The molecule has 3 aromatic rings. The van der Waals surface area contributed by atoms with Gasteiger partial charge in [-0.25, -0.2) is 0 Å². The Morgan fingerprint density at radius 3 is 2.81 bits per heavy atom. The Balaban J connectivity index is 1.52. The number of aryl methyl sites for hydroxylation is 2. The average Bonchev–Trinajstić information content (AvgIpc) is 3.32. The zero-order valence-electron chi connectivity index (χ0n) is 14.7. The molecule has 0 amide bonds. The van der Waals surface area contributed by atoms with Crippen molar-refractivity contribution in [2.75, 3.05) is 18.4 Å². The number of guanidine groups is 1. The molecule has 0 spiro atoms. The van der Waals surface area contributed by atoms with Gasteiger partial charge in [0.15, 0.2) is 5.96 Å². The molecule has 0 radical (unpaired) electrons. The van der Waals surface area contributed by atoms with Crippen molar-refractivity contribution in [3.8, 4) is 16.9 Å². The highest BCUT2D eigenvalue weighted by Gasteiger charge is 2.12. The Kier molecular flexibility index (Phi) is 4.57. The normalized spacial score (nSPS) is 13.8. The lowest BCUT2D eigenvalue weighted by atomic mass is 10.1. The van der Waals surface area contributed by atoms with E-state index in [0.717, 1.165) is 48.0 Å². The molecule has 0 saturated carbocycles. The van der Waals surface area contributed by atoms with E-state index in [1.54, 1.807) is 0 Å². The maximum Gasteiger partial charge on any atom is 0.300 e. The number of rotatable bonds is 4. The van der Waals surface area contributed by atoms with Crippen molar-refractivity contribution in [1.82, 2.24) is 19.2 Å². The van der Waals surface area contributed by atoms with Crippen LogP contribution in [0.15, 0.2) is 41.7 Å². The standard InChI is InChI=1S/C18H20N6OS/c1-12-11-15(13(2)10-14(12)21-16-19-6-5-7-20-16)25-18-22-17(23-26-18)24-8-3-4-9-24/h3-4,8-11H,5-7H2,1-2H3,(H2,19,20,21). The van der Waals surface area contributed by atoms with Crippen LogP contribution in [-0.4, -0.2) is 33.0 Å². The van der Waals surface area contributed by atoms with Crippen molar-refractivity contribution in [3.63, 3.8) is 0 Å². The lowest BCUT2D eigenvalue weighted by Gasteiger charge is -2.18. The Bertz CT molecular complexity index is 931. The van der Waals surface area contributed by atoms with E-state index in [-0.39, 0.29) is 0 Å². The van der Waals surface area contributed by atoms with Crippen LogP contribution in [0.4, 0.5) is 5.69 Å². The van der Waals surface area contributed by atoms with Gasteiger partial charge >= 0.3 is 0 Å². The molecule has 134 valence electrons. The van der Waals surface area contributed by atoms with E-state index in [4.69, 9.17) is 4.74 Å². The van der Waals surface area contributed by atoms with E-state index in [1.807, 2.05) is 49.0 Å². The third-order valence-corrected chi connectivity index (χ3v) is 4.69. The van der Waals surface area contributed by atoms with E-state index in [1.165, 1.54) is 11.5 Å². The third kappa shape index (κ3) is 3.55. The van der Waals surface area contributed by atoms with Crippen molar-refractivity contribution in [2.45, 2.75) is 20.3 Å². The molecule has 8 heteroatoms. The fraction of sp³-hybridized carbons (Fsp3) is 0.278. The number of aromatic nitrogens is 3. The van der Waals surface area contributed by atoms with Gasteiger partial charge in [-0.3, -0.25) is 9.56 Å². The minimum Gasteiger partial charge on any atom is -0.430 e. The van der Waals surface area contributed by atoms with Gasteiger partial charge in [0.05, 0.1) is 0 Å². The van der Waals surface area contributed by atoms with E-state index in [0.29, 0.717) is 11.1 Å². The average molecular weight is 368 g/mol. The van der Waals surface area contributed by atoms with Crippen LogP contribution >= 0.6 is 11.5 Å². The maximum absolute atomic E-state index is 5.97. The molecule has 0 bridgehead atoms. The number of anilines is 1. The first-order valence-corrected chi connectivity index (χ1v) is 9.28. The zero-order valence-corrected chi connectivity index (χ0v) is 15.5. The molecule has 0 saturated heterocycles. The number of ether oxygens (including phenoxy) is 1. The molecule has 7 nitrogen and oxygen atoms in total. The van der Waals surface area contributed by atoms with Crippen molar-refractivity contribution in [3.05, 3.63) is 47.8 Å². The quantitative estimate of drug-likeness (QED) is 0.737. The number of aliphatic imine (C=N–C) groups is 1. The monoisotopic (exact) mass is 368 g/mol. The lowest BCUT2D eigenvalue weighted by molar-refractivity contribution is 0.474. The topological polar surface area (TPSA) is 76.4 Å². The van der Waals surface area contributed by atoms with E-state index < -0.39 is 0 Å². The van der Waals surface area contributed by atoms with Gasteiger partial charge in [0, 0.05) is 42.7 Å². The second kappa shape index (κ2) is 7.17. The van der Waals surface area contributed by atoms with Crippen LogP contribution in [0.1, 0.15) is 17.5 Å². The predicted octanol–water partition coefficient (Wildman–Crippen LogP) is 3.50. The summed E-state index contributed by atoms with van der Waals surface area (Å²) in [6.07, 6.45) is 4.89. The molecule has 1 aliphatic rings. The first-order valence-electron chi connectivity index (χ1n) is 8.50. The number of hydrogen-bond acceptors (Lipinski definition) is 7. The summed E-state index contributed by atoms with van der Waals surface area (Å²) in [6, 6.07) is 7.95. The summed E-state index contributed by atoms with van der Waals surface area (Å²) >= 11 is 1.24. The van der Waals surface area contributed by atoms with Gasteiger partial charge in [-0.2, -0.15) is 4.98 Å². The summed E-state index contributed by atoms with van der Waals surface area (Å²) in [5, 5.41) is 7.16. The highest BCUT2D eigenvalue weighted by molar-refractivity contribution is 7.07. The van der Waals surface area contributed by atoms with Crippen molar-refractivity contribution >= 4 is 23.2 Å². The Labute approximate surface area is 155 Å². The number of nitrogens with one attached hydrogen (secondary N) is 2. The Morgan fingerprint density at radius 2 is 2.04 bits per heavy atom. The Morgan fingerprint density at radius 1 is 1.19 bits per heavy atom. The SMILES string of the molecule is Cc1cc(Oc2nc(-n3cccc3)ns2)c(C)cc1NC1=NCCCN1. The predicted molar refractivity (Wildman–Crippen MR) is 104 cm³/mol. The minimum absolute atomic E-state index is 0.523. The second-order valence-electron chi connectivity index (χ2n) is 6.12. The molecule has 3 heterocycles. The van der Waals surface area contributed by atoms with Gasteiger partial charge in [-0.15, -0.1) is 4.37 Å². The lowest BCUT2D eigenvalue weighted by Crippen LogP contribution is -2.35. The molecule has 0 aliphatic carbocycles. The highest BCUT2D eigenvalue weighted by Crippen LogP contribution is 2.31. The number of benzene rings is 1. The van der Waals surface area contributed by atoms with E-state index in [2.05, 4.69) is 31.0 Å². The molecule has 1 aliphatic heterocycles. The summed E-state index contributed by atoms with van der Waals surface area (Å²) in [7, 11) is 0. The molecule has 0 unspecified atom stereocenters. The van der Waals surface area contributed by atoms with Crippen LogP contribution in [0.5, 0.6) is 10.9 Å². The molecule has 0 fully saturated rings. The zero-order chi connectivity index (χ0) is 17.9. The molecule has 1 aromatic carbocycles. The summed E-state index contributed by atoms with van der Waals surface area (Å²) in [5.74, 6) is 2.22. The largest absolute Gasteiger partial charge is 0.430 e. The molecule has 2 aromatic heterocycles. The van der Waals surface area contributed by atoms with E-state index >= 15 is 0 Å². The number of hydrogen-bond donors (Lipinski definition) is 2. The van der Waals surface area contributed by atoms with Crippen LogP contribution in [0.2, 0.25) is 0 Å². The van der Waals surface area contributed by atoms with Crippen molar-refractivity contribution < 1.29 is 4.74 Å². The maximum atomic E-state index is 5.97. The van der Waals surface area contributed by atoms with Crippen LogP contribution < -0.4 is 15.4 Å². The smallest absolute Gasteiger partial charge is 0.300 e. The summed E-state index contributed by atoms with van der Waals surface area (Å²) < 4.78 is 12.2. The van der Waals surface area contributed by atoms with Gasteiger partial charge in [-0.1, -0.05) is 0 Å². The van der Waals surface area contributed by atoms with Crippen LogP contribution in [-0.2, 0) is 0 Å². The molecule has 26 heavy (non-hydrogen) atoms. The second-order valence-corrected chi connectivity index (χ2v) is 6.84. The first kappa shape index (κ1) is 16.6. The summed E-state index contributed by atoms with van der Waals surface area (Å²) in [6.45, 7) is 5.87. The van der Waals surface area contributed by atoms with Gasteiger partial charge in [0.2, 0.25) is 5.95 Å². The van der Waals surface area contributed by atoms with Gasteiger partial charge < -0.3 is 15.4 Å². The molecular formula is C18H20N6OS. The van der Waals surface area contributed by atoms with Crippen LogP contribution in [0.3, 0.4) is 0 Å². The third-order valence-electron chi connectivity index (χ3n) is 4.10. The van der Waals surface area contributed by atoms with Crippen LogP contribution in [0, 0.1) is 13.8 Å². The molecule has 2 N–H and O–H groups in total.